The van der Waals surface area contributed by atoms with Crippen molar-refractivity contribution in [1.82, 2.24) is 10.2 Å². The third-order valence-electron chi connectivity index (χ3n) is 3.51. The highest BCUT2D eigenvalue weighted by molar-refractivity contribution is 4.68. The number of hydrogen-bond acceptors (Lipinski definition) is 5. The Hall–Kier alpha value is -0.200. The van der Waals surface area contributed by atoms with Crippen LogP contribution in [-0.4, -0.2) is 76.8 Å². The van der Waals surface area contributed by atoms with Gasteiger partial charge >= 0.3 is 0 Å². The summed E-state index contributed by atoms with van der Waals surface area (Å²) in [7, 11) is 0. The molecule has 1 aliphatic heterocycles. The molecular formula is C15H32N2O3. The highest BCUT2D eigenvalue weighted by Gasteiger charge is 2.14. The van der Waals surface area contributed by atoms with E-state index in [2.05, 4.69) is 10.2 Å². The molecule has 0 aromatic carbocycles. The summed E-state index contributed by atoms with van der Waals surface area (Å²) in [6, 6.07) is 0. The first-order valence-corrected chi connectivity index (χ1v) is 8.07. The lowest BCUT2D eigenvalue weighted by atomic mass is 10.2. The van der Waals surface area contributed by atoms with E-state index in [1.165, 1.54) is 12.8 Å². The second kappa shape index (κ2) is 12.5. The molecule has 5 heteroatoms. The number of ether oxygens (including phenoxy) is 3. The molecule has 1 saturated heterocycles. The van der Waals surface area contributed by atoms with E-state index in [4.69, 9.17) is 14.2 Å². The van der Waals surface area contributed by atoms with Crippen LogP contribution in [0.1, 0.15) is 26.7 Å². The quantitative estimate of drug-likeness (QED) is 0.515. The predicted molar refractivity (Wildman–Crippen MR) is 81.3 cm³/mol. The molecule has 0 bridgehead atoms. The molecule has 1 atom stereocenters. The molecule has 0 amide bonds. The largest absolute Gasteiger partial charge is 0.380 e. The molecule has 1 unspecified atom stereocenters. The van der Waals surface area contributed by atoms with Crippen molar-refractivity contribution in [3.63, 3.8) is 0 Å². The minimum Gasteiger partial charge on any atom is -0.380 e. The van der Waals surface area contributed by atoms with Gasteiger partial charge in [0.05, 0.1) is 19.3 Å². The molecule has 120 valence electrons. The molecule has 0 aromatic rings. The summed E-state index contributed by atoms with van der Waals surface area (Å²) < 4.78 is 16.5. The summed E-state index contributed by atoms with van der Waals surface area (Å²) in [5, 5.41) is 3.49. The Labute approximate surface area is 123 Å². The number of nitrogens with one attached hydrogen (secondary N) is 1. The highest BCUT2D eigenvalue weighted by Crippen LogP contribution is 2.10. The normalized spacial score (nSPS) is 19.1. The minimum atomic E-state index is 0.426. The first-order valence-electron chi connectivity index (χ1n) is 8.07. The van der Waals surface area contributed by atoms with Crippen molar-refractivity contribution in [2.24, 2.45) is 0 Å². The number of hydrogen-bond donors (Lipinski definition) is 1. The second-order valence-electron chi connectivity index (χ2n) is 5.07. The summed E-state index contributed by atoms with van der Waals surface area (Å²) in [4.78, 5) is 2.40. The third kappa shape index (κ3) is 8.87. The van der Waals surface area contributed by atoms with Gasteiger partial charge in [0.15, 0.2) is 0 Å². The molecule has 5 nitrogen and oxygen atoms in total. The summed E-state index contributed by atoms with van der Waals surface area (Å²) in [6.07, 6.45) is 2.84. The van der Waals surface area contributed by atoms with Gasteiger partial charge in [0, 0.05) is 52.5 Å². The van der Waals surface area contributed by atoms with Crippen LogP contribution in [-0.2, 0) is 14.2 Å². The molecular weight excluding hydrogens is 256 g/mol. The zero-order valence-corrected chi connectivity index (χ0v) is 13.2. The molecule has 0 spiro atoms. The molecule has 0 aliphatic carbocycles. The Kier molecular flexibility index (Phi) is 11.2. The highest BCUT2D eigenvalue weighted by atomic mass is 16.5. The average molecular weight is 288 g/mol. The van der Waals surface area contributed by atoms with Crippen molar-refractivity contribution in [3.8, 4) is 0 Å². The van der Waals surface area contributed by atoms with Crippen LogP contribution in [0.4, 0.5) is 0 Å². The van der Waals surface area contributed by atoms with E-state index in [0.29, 0.717) is 6.10 Å². The van der Waals surface area contributed by atoms with E-state index >= 15 is 0 Å². The van der Waals surface area contributed by atoms with Gasteiger partial charge in [-0.3, -0.25) is 4.90 Å². The lowest BCUT2D eigenvalue weighted by molar-refractivity contribution is 0.0812. The van der Waals surface area contributed by atoms with Gasteiger partial charge in [0.2, 0.25) is 0 Å². The SMILES string of the molecule is CCOCCN(CCNCC1CCCO1)CCOCC. The zero-order chi connectivity index (χ0) is 14.5. The predicted octanol–water partition coefficient (Wildman–Crippen LogP) is 1.13. The van der Waals surface area contributed by atoms with E-state index in [0.717, 1.165) is 65.8 Å². The van der Waals surface area contributed by atoms with Crippen LogP contribution < -0.4 is 5.32 Å². The van der Waals surface area contributed by atoms with Crippen LogP contribution >= 0.6 is 0 Å². The van der Waals surface area contributed by atoms with E-state index < -0.39 is 0 Å². The van der Waals surface area contributed by atoms with Crippen molar-refractivity contribution in [2.75, 3.05) is 65.8 Å². The van der Waals surface area contributed by atoms with Crippen molar-refractivity contribution in [1.29, 1.82) is 0 Å². The van der Waals surface area contributed by atoms with Crippen LogP contribution in [0.2, 0.25) is 0 Å². The molecule has 1 heterocycles. The van der Waals surface area contributed by atoms with Gasteiger partial charge in [-0.1, -0.05) is 0 Å². The fourth-order valence-electron chi connectivity index (χ4n) is 2.32. The molecule has 1 aliphatic rings. The maximum atomic E-state index is 5.60. The van der Waals surface area contributed by atoms with E-state index in [9.17, 15) is 0 Å². The van der Waals surface area contributed by atoms with Gasteiger partial charge in [-0.2, -0.15) is 0 Å². The first-order chi connectivity index (χ1) is 9.86. The van der Waals surface area contributed by atoms with Crippen LogP contribution in [0.5, 0.6) is 0 Å². The molecule has 20 heavy (non-hydrogen) atoms. The van der Waals surface area contributed by atoms with Crippen molar-refractivity contribution in [3.05, 3.63) is 0 Å². The molecule has 0 saturated carbocycles. The van der Waals surface area contributed by atoms with E-state index in [1.54, 1.807) is 0 Å². The number of rotatable bonds is 13. The summed E-state index contributed by atoms with van der Waals surface area (Å²) >= 11 is 0. The van der Waals surface area contributed by atoms with Gasteiger partial charge in [0.25, 0.3) is 0 Å². The zero-order valence-electron chi connectivity index (χ0n) is 13.2. The van der Waals surface area contributed by atoms with Crippen LogP contribution in [0, 0.1) is 0 Å². The van der Waals surface area contributed by atoms with E-state index in [1.807, 2.05) is 13.8 Å². The van der Waals surface area contributed by atoms with Gasteiger partial charge in [-0.25, -0.2) is 0 Å². The van der Waals surface area contributed by atoms with Crippen LogP contribution in [0.3, 0.4) is 0 Å². The maximum Gasteiger partial charge on any atom is 0.0700 e. The summed E-state index contributed by atoms with van der Waals surface area (Å²) in [5.74, 6) is 0. The Morgan fingerprint density at radius 1 is 1.10 bits per heavy atom. The van der Waals surface area contributed by atoms with Gasteiger partial charge in [-0.05, 0) is 26.7 Å². The van der Waals surface area contributed by atoms with Gasteiger partial charge < -0.3 is 19.5 Å². The Morgan fingerprint density at radius 2 is 1.80 bits per heavy atom. The summed E-state index contributed by atoms with van der Waals surface area (Å²) in [6.45, 7) is 13.1. The molecule has 0 aromatic heterocycles. The van der Waals surface area contributed by atoms with Crippen molar-refractivity contribution >= 4 is 0 Å². The van der Waals surface area contributed by atoms with E-state index in [-0.39, 0.29) is 0 Å². The Morgan fingerprint density at radius 3 is 2.35 bits per heavy atom. The standard InChI is InChI=1S/C15H32N2O3/c1-3-18-12-9-17(10-13-19-4-2)8-7-16-14-15-6-5-11-20-15/h15-16H,3-14H2,1-2H3. The third-order valence-corrected chi connectivity index (χ3v) is 3.51. The maximum absolute atomic E-state index is 5.60. The smallest absolute Gasteiger partial charge is 0.0700 e. The minimum absolute atomic E-state index is 0.426. The van der Waals surface area contributed by atoms with Gasteiger partial charge in [-0.15, -0.1) is 0 Å². The molecule has 0 radical (unpaired) electrons. The van der Waals surface area contributed by atoms with Crippen molar-refractivity contribution < 1.29 is 14.2 Å². The summed E-state index contributed by atoms with van der Waals surface area (Å²) in [5.41, 5.74) is 0. The Balaban J connectivity index is 2.06. The fourth-order valence-corrected chi connectivity index (χ4v) is 2.32. The number of nitrogens with zero attached hydrogens (tertiary/aromatic N) is 1. The monoisotopic (exact) mass is 288 g/mol. The molecule has 1 fully saturated rings. The molecule has 1 N–H and O–H groups in total. The fraction of sp³-hybridized carbons (Fsp3) is 1.00. The Bertz CT molecular complexity index is 201. The lowest BCUT2D eigenvalue weighted by Crippen LogP contribution is -2.38. The lowest BCUT2D eigenvalue weighted by Gasteiger charge is -2.22. The van der Waals surface area contributed by atoms with Crippen molar-refractivity contribution in [2.45, 2.75) is 32.8 Å². The van der Waals surface area contributed by atoms with Crippen LogP contribution in [0.15, 0.2) is 0 Å². The second-order valence-corrected chi connectivity index (χ2v) is 5.07. The first kappa shape index (κ1) is 17.9. The average Bonchev–Trinajstić information content (AvgIpc) is 2.96. The van der Waals surface area contributed by atoms with Gasteiger partial charge in [0.1, 0.15) is 0 Å². The van der Waals surface area contributed by atoms with Crippen LogP contribution in [0.25, 0.3) is 0 Å². The topological polar surface area (TPSA) is 43.0 Å². The molecule has 1 rings (SSSR count).